The molecule has 2 aromatic carbocycles. The van der Waals surface area contributed by atoms with Gasteiger partial charge >= 0.3 is 7.82 Å². The van der Waals surface area contributed by atoms with Crippen LogP contribution >= 0.6 is 7.82 Å². The number of unbranched alkanes of at least 4 members (excludes halogenated alkanes) is 1. The number of nitrogens with zero attached hydrogens (tertiary/aromatic N) is 1. The molecular formula is C23H30NO6P. The van der Waals surface area contributed by atoms with Crippen LogP contribution in [0.4, 0.5) is 0 Å². The first-order valence-corrected chi connectivity index (χ1v) is 12.2. The Morgan fingerprint density at radius 3 is 2.42 bits per heavy atom. The van der Waals surface area contributed by atoms with Crippen molar-refractivity contribution in [1.29, 1.82) is 0 Å². The highest BCUT2D eigenvalue weighted by Gasteiger charge is 2.35. The van der Waals surface area contributed by atoms with Gasteiger partial charge in [-0.2, -0.15) is 0 Å². The molecule has 8 heteroatoms. The average Bonchev–Trinajstić information content (AvgIpc) is 2.71. The summed E-state index contributed by atoms with van der Waals surface area (Å²) in [5.41, 5.74) is 2.50. The van der Waals surface area contributed by atoms with Gasteiger partial charge in [0.25, 0.3) is 0 Å². The monoisotopic (exact) mass is 447 g/mol. The third kappa shape index (κ3) is 8.46. The molecule has 0 saturated carbocycles. The van der Waals surface area contributed by atoms with Crippen LogP contribution in [0.3, 0.4) is 0 Å². The summed E-state index contributed by atoms with van der Waals surface area (Å²) in [5.74, 6) is 0.874. The minimum Gasteiger partial charge on any atom is -0.494 e. The molecule has 1 saturated heterocycles. The van der Waals surface area contributed by atoms with Crippen molar-refractivity contribution in [2.75, 3.05) is 19.7 Å². The standard InChI is InChI=1S/C23H30NO6P/c25-23(24-17-22(18-24)30-31(26,27)28)14-5-4-10-20-11-6-13-21(16-20)29-15-7-12-19-8-2-1-3-9-19/h1-3,6,8-9,11,13,16,22H,4-5,7,10,12,14-15,17-18H2,(H2,26,27,28). The van der Waals surface area contributed by atoms with Gasteiger partial charge in [-0.25, -0.2) is 4.57 Å². The predicted molar refractivity (Wildman–Crippen MR) is 118 cm³/mol. The molecule has 0 bridgehead atoms. The first kappa shape index (κ1) is 23.5. The van der Waals surface area contributed by atoms with Crippen molar-refractivity contribution in [2.24, 2.45) is 0 Å². The molecule has 168 valence electrons. The highest BCUT2D eigenvalue weighted by atomic mass is 31.2. The molecule has 1 aliphatic heterocycles. The minimum absolute atomic E-state index is 0.000983. The lowest BCUT2D eigenvalue weighted by Crippen LogP contribution is -2.54. The fourth-order valence-corrected chi connectivity index (χ4v) is 4.09. The largest absolute Gasteiger partial charge is 0.494 e. The van der Waals surface area contributed by atoms with E-state index < -0.39 is 13.9 Å². The van der Waals surface area contributed by atoms with Crippen molar-refractivity contribution in [1.82, 2.24) is 4.90 Å². The smallest absolute Gasteiger partial charge is 0.469 e. The summed E-state index contributed by atoms with van der Waals surface area (Å²) in [6.07, 6.45) is 4.35. The Bertz CT molecular complexity index is 879. The van der Waals surface area contributed by atoms with E-state index in [-0.39, 0.29) is 19.0 Å². The van der Waals surface area contributed by atoms with Gasteiger partial charge in [0, 0.05) is 19.5 Å². The summed E-state index contributed by atoms with van der Waals surface area (Å²) in [4.78, 5) is 31.2. The van der Waals surface area contributed by atoms with E-state index in [1.165, 1.54) is 11.1 Å². The number of aryl methyl sites for hydroxylation is 2. The maximum Gasteiger partial charge on any atom is 0.469 e. The third-order valence-electron chi connectivity index (χ3n) is 5.21. The number of ether oxygens (including phenoxy) is 1. The van der Waals surface area contributed by atoms with Crippen LogP contribution in [-0.4, -0.2) is 46.4 Å². The first-order valence-electron chi connectivity index (χ1n) is 10.7. The van der Waals surface area contributed by atoms with Crippen molar-refractivity contribution in [3.05, 3.63) is 65.7 Å². The SMILES string of the molecule is O=C(CCCCc1cccc(OCCCc2ccccc2)c1)N1CC(OP(=O)(O)O)C1. The normalized spacial score (nSPS) is 14.3. The van der Waals surface area contributed by atoms with Gasteiger partial charge in [-0.1, -0.05) is 42.5 Å². The van der Waals surface area contributed by atoms with Crippen molar-refractivity contribution in [3.8, 4) is 5.75 Å². The van der Waals surface area contributed by atoms with E-state index in [0.717, 1.165) is 37.9 Å². The van der Waals surface area contributed by atoms with E-state index in [0.29, 0.717) is 13.0 Å². The summed E-state index contributed by atoms with van der Waals surface area (Å²) >= 11 is 0. The van der Waals surface area contributed by atoms with Gasteiger partial charge in [-0.15, -0.1) is 0 Å². The third-order valence-corrected chi connectivity index (χ3v) is 5.79. The molecule has 1 heterocycles. The molecular weight excluding hydrogens is 417 g/mol. The molecule has 0 aromatic heterocycles. The van der Waals surface area contributed by atoms with E-state index >= 15 is 0 Å². The van der Waals surface area contributed by atoms with Crippen molar-refractivity contribution in [3.63, 3.8) is 0 Å². The Labute approximate surface area is 183 Å². The summed E-state index contributed by atoms with van der Waals surface area (Å²) in [7, 11) is -4.48. The first-order chi connectivity index (χ1) is 14.9. The zero-order valence-electron chi connectivity index (χ0n) is 17.6. The molecule has 2 aromatic rings. The number of carbonyl (C=O) groups excluding carboxylic acids is 1. The molecule has 7 nitrogen and oxygen atoms in total. The van der Waals surface area contributed by atoms with Crippen LogP contribution < -0.4 is 4.74 Å². The Kier molecular flexibility index (Phi) is 8.67. The number of hydrogen-bond donors (Lipinski definition) is 2. The molecule has 1 aliphatic rings. The fraction of sp³-hybridized carbons (Fsp3) is 0.435. The lowest BCUT2D eigenvalue weighted by Gasteiger charge is -2.38. The van der Waals surface area contributed by atoms with Gasteiger partial charge in [0.2, 0.25) is 5.91 Å². The van der Waals surface area contributed by atoms with Crippen molar-refractivity contribution >= 4 is 13.7 Å². The Morgan fingerprint density at radius 1 is 0.968 bits per heavy atom. The summed E-state index contributed by atoms with van der Waals surface area (Å²) in [5, 5.41) is 0. The predicted octanol–water partition coefficient (Wildman–Crippen LogP) is 3.73. The molecule has 0 aliphatic carbocycles. The van der Waals surface area contributed by atoms with Gasteiger partial charge in [0.15, 0.2) is 0 Å². The molecule has 2 N–H and O–H groups in total. The number of phosphoric acid groups is 1. The number of amides is 1. The maximum atomic E-state index is 12.1. The van der Waals surface area contributed by atoms with Gasteiger partial charge < -0.3 is 19.4 Å². The Hall–Kier alpha value is -2.18. The summed E-state index contributed by atoms with van der Waals surface area (Å²) < 4.78 is 21.2. The topological polar surface area (TPSA) is 96.3 Å². The average molecular weight is 447 g/mol. The molecule has 1 amide bonds. The minimum atomic E-state index is -4.48. The van der Waals surface area contributed by atoms with Crippen LogP contribution in [0.1, 0.15) is 36.8 Å². The van der Waals surface area contributed by atoms with E-state index in [4.69, 9.17) is 14.5 Å². The van der Waals surface area contributed by atoms with Crippen LogP contribution in [0, 0.1) is 0 Å². The van der Waals surface area contributed by atoms with Gasteiger partial charge in [0.1, 0.15) is 11.9 Å². The van der Waals surface area contributed by atoms with Gasteiger partial charge in [0.05, 0.1) is 6.61 Å². The number of likely N-dealkylation sites (tertiary alicyclic amines) is 1. The van der Waals surface area contributed by atoms with Crippen molar-refractivity contribution < 1.29 is 28.4 Å². The maximum absolute atomic E-state index is 12.1. The quantitative estimate of drug-likeness (QED) is 0.380. The lowest BCUT2D eigenvalue weighted by molar-refractivity contribution is -0.140. The van der Waals surface area contributed by atoms with Gasteiger partial charge in [-0.3, -0.25) is 9.32 Å². The number of rotatable bonds is 12. The molecule has 1 fully saturated rings. The second kappa shape index (κ2) is 11.4. The van der Waals surface area contributed by atoms with Gasteiger partial charge in [-0.05, 0) is 55.4 Å². The molecule has 0 spiro atoms. The van der Waals surface area contributed by atoms with Crippen LogP contribution in [0.2, 0.25) is 0 Å². The lowest BCUT2D eigenvalue weighted by atomic mass is 10.1. The second-order valence-corrected chi connectivity index (χ2v) is 9.00. The van der Waals surface area contributed by atoms with E-state index in [9.17, 15) is 9.36 Å². The number of phosphoric ester groups is 1. The second-order valence-electron chi connectivity index (χ2n) is 7.81. The summed E-state index contributed by atoms with van der Waals surface area (Å²) in [6.45, 7) is 1.16. The summed E-state index contributed by atoms with van der Waals surface area (Å²) in [6, 6.07) is 18.5. The Balaban J connectivity index is 1.29. The highest BCUT2D eigenvalue weighted by Crippen LogP contribution is 2.39. The molecule has 0 unspecified atom stereocenters. The zero-order chi connectivity index (χ0) is 22.1. The molecule has 0 radical (unpaired) electrons. The highest BCUT2D eigenvalue weighted by molar-refractivity contribution is 7.46. The van der Waals surface area contributed by atoms with Crippen LogP contribution in [0.5, 0.6) is 5.75 Å². The number of hydrogen-bond acceptors (Lipinski definition) is 4. The molecule has 31 heavy (non-hydrogen) atoms. The van der Waals surface area contributed by atoms with Crippen LogP contribution in [-0.2, 0) is 26.7 Å². The fourth-order valence-electron chi connectivity index (χ4n) is 3.57. The molecule has 0 atom stereocenters. The van der Waals surface area contributed by atoms with E-state index in [1.807, 2.05) is 18.2 Å². The van der Waals surface area contributed by atoms with Crippen molar-refractivity contribution in [2.45, 2.75) is 44.6 Å². The number of carbonyl (C=O) groups is 1. The zero-order valence-corrected chi connectivity index (χ0v) is 18.5. The number of benzene rings is 2. The Morgan fingerprint density at radius 2 is 1.68 bits per heavy atom. The van der Waals surface area contributed by atoms with Crippen LogP contribution in [0.15, 0.2) is 54.6 Å². The van der Waals surface area contributed by atoms with Crippen LogP contribution in [0.25, 0.3) is 0 Å². The van der Waals surface area contributed by atoms with E-state index in [2.05, 4.69) is 40.9 Å². The van der Waals surface area contributed by atoms with E-state index in [1.54, 1.807) is 4.90 Å². The molecule has 3 rings (SSSR count).